The van der Waals surface area contributed by atoms with E-state index < -0.39 is 10.0 Å². The van der Waals surface area contributed by atoms with Crippen LogP contribution in [0.5, 0.6) is 0 Å². The smallest absolute Gasteiger partial charge is 0.242 e. The van der Waals surface area contributed by atoms with Crippen LogP contribution in [0, 0.1) is 6.92 Å². The van der Waals surface area contributed by atoms with Crippen molar-refractivity contribution in [3.05, 3.63) is 34.0 Å². The number of hydrogen-bond donors (Lipinski definition) is 2. The summed E-state index contributed by atoms with van der Waals surface area (Å²) >= 11 is 1.52. The summed E-state index contributed by atoms with van der Waals surface area (Å²) in [6.07, 6.45) is 2.05. The molecule has 2 rings (SSSR count). The molecule has 2 heterocycles. The fourth-order valence-electron chi connectivity index (χ4n) is 1.77. The average molecular weight is 315 g/mol. The van der Waals surface area contributed by atoms with Gasteiger partial charge >= 0.3 is 0 Å². The molecule has 0 spiro atoms. The summed E-state index contributed by atoms with van der Waals surface area (Å²) in [4.78, 5) is 4.45. The molecule has 0 aliphatic rings. The fraction of sp³-hybridized carbons (Fsp3) is 0.417. The van der Waals surface area contributed by atoms with Crippen LogP contribution in [-0.2, 0) is 30.1 Å². The maximum Gasteiger partial charge on any atom is 0.242 e. The molecule has 0 saturated carbocycles. The van der Waals surface area contributed by atoms with E-state index in [4.69, 9.17) is 5.11 Å². The Bertz CT molecular complexity index is 689. The molecule has 6 nitrogen and oxygen atoms in total. The normalized spacial score (nSPS) is 11.9. The van der Waals surface area contributed by atoms with Crippen molar-refractivity contribution in [3.8, 4) is 0 Å². The van der Waals surface area contributed by atoms with Gasteiger partial charge in [-0.25, -0.2) is 18.1 Å². The summed E-state index contributed by atoms with van der Waals surface area (Å²) in [7, 11) is -1.84. The first-order chi connectivity index (χ1) is 9.42. The Hall–Kier alpha value is -1.22. The number of aromatic nitrogens is 2. The van der Waals surface area contributed by atoms with E-state index >= 15 is 0 Å². The third kappa shape index (κ3) is 3.45. The molecule has 0 radical (unpaired) electrons. The molecule has 0 unspecified atom stereocenters. The largest absolute Gasteiger partial charge is 0.390 e. The molecular weight excluding hydrogens is 298 g/mol. The van der Waals surface area contributed by atoms with E-state index in [0.29, 0.717) is 18.7 Å². The topological polar surface area (TPSA) is 84.2 Å². The molecule has 2 aromatic rings. The predicted molar refractivity (Wildman–Crippen MR) is 77.1 cm³/mol. The SMILES string of the molecule is Cc1csc(CCNS(=O)(=O)c2cc(CO)n(C)c2)n1. The Labute approximate surface area is 122 Å². The Morgan fingerprint density at radius 2 is 2.25 bits per heavy atom. The first-order valence-electron chi connectivity index (χ1n) is 6.09. The maximum atomic E-state index is 12.1. The van der Waals surface area contributed by atoms with Gasteiger partial charge in [-0.05, 0) is 13.0 Å². The first kappa shape index (κ1) is 15.2. The highest BCUT2D eigenvalue weighted by Crippen LogP contribution is 2.14. The molecule has 0 fully saturated rings. The average Bonchev–Trinajstić information content (AvgIpc) is 2.95. The lowest BCUT2D eigenvalue weighted by Crippen LogP contribution is -2.25. The lowest BCUT2D eigenvalue weighted by molar-refractivity contribution is 0.272. The van der Waals surface area contributed by atoms with E-state index in [0.717, 1.165) is 10.7 Å². The third-order valence-corrected chi connectivity index (χ3v) is 5.31. The van der Waals surface area contributed by atoms with Crippen molar-refractivity contribution < 1.29 is 13.5 Å². The summed E-state index contributed by atoms with van der Waals surface area (Å²) in [5.74, 6) is 0. The Balaban J connectivity index is 2.00. The molecule has 0 aliphatic carbocycles. The van der Waals surface area contributed by atoms with E-state index in [1.54, 1.807) is 11.6 Å². The van der Waals surface area contributed by atoms with Crippen LogP contribution in [0.3, 0.4) is 0 Å². The Kier molecular flexibility index (Phi) is 4.59. The molecule has 2 aromatic heterocycles. The highest BCUT2D eigenvalue weighted by molar-refractivity contribution is 7.89. The number of nitrogens with one attached hydrogen (secondary N) is 1. The zero-order valence-electron chi connectivity index (χ0n) is 11.3. The van der Waals surface area contributed by atoms with E-state index in [-0.39, 0.29) is 11.5 Å². The Morgan fingerprint density at radius 1 is 1.50 bits per heavy atom. The van der Waals surface area contributed by atoms with E-state index in [9.17, 15) is 8.42 Å². The van der Waals surface area contributed by atoms with Crippen molar-refractivity contribution in [3.63, 3.8) is 0 Å². The summed E-state index contributed by atoms with van der Waals surface area (Å²) < 4.78 is 28.3. The van der Waals surface area contributed by atoms with Crippen molar-refractivity contribution in [1.82, 2.24) is 14.3 Å². The van der Waals surface area contributed by atoms with Gasteiger partial charge in [-0.1, -0.05) is 0 Å². The molecule has 8 heteroatoms. The van der Waals surface area contributed by atoms with Gasteiger partial charge in [0.1, 0.15) is 0 Å². The van der Waals surface area contributed by atoms with E-state index in [1.165, 1.54) is 23.6 Å². The fourth-order valence-corrected chi connectivity index (χ4v) is 3.68. The first-order valence-corrected chi connectivity index (χ1v) is 8.45. The molecule has 0 atom stereocenters. The number of sulfonamides is 1. The molecule has 0 amide bonds. The van der Waals surface area contributed by atoms with Crippen LogP contribution in [0.15, 0.2) is 22.5 Å². The van der Waals surface area contributed by atoms with Crippen molar-refractivity contribution in [2.24, 2.45) is 7.05 Å². The van der Waals surface area contributed by atoms with Gasteiger partial charge in [0.2, 0.25) is 10.0 Å². The second-order valence-electron chi connectivity index (χ2n) is 4.47. The van der Waals surface area contributed by atoms with Gasteiger partial charge in [0.25, 0.3) is 0 Å². The molecule has 0 aliphatic heterocycles. The van der Waals surface area contributed by atoms with Crippen LogP contribution >= 0.6 is 11.3 Å². The van der Waals surface area contributed by atoms with Crippen LogP contribution in [0.25, 0.3) is 0 Å². The number of thiazole rings is 1. The summed E-state index contributed by atoms with van der Waals surface area (Å²) in [6.45, 7) is 2.02. The lowest BCUT2D eigenvalue weighted by atomic mass is 10.4. The molecule has 110 valence electrons. The monoisotopic (exact) mass is 315 g/mol. The van der Waals surface area contributed by atoms with Crippen molar-refractivity contribution in [2.45, 2.75) is 24.8 Å². The predicted octanol–water partition coefficient (Wildman–Crippen LogP) is 0.803. The van der Waals surface area contributed by atoms with Crippen molar-refractivity contribution in [2.75, 3.05) is 6.54 Å². The van der Waals surface area contributed by atoms with Gasteiger partial charge < -0.3 is 9.67 Å². The van der Waals surface area contributed by atoms with E-state index in [2.05, 4.69) is 9.71 Å². The molecule has 0 saturated heterocycles. The van der Waals surface area contributed by atoms with Crippen LogP contribution in [-0.4, -0.2) is 29.6 Å². The second-order valence-corrected chi connectivity index (χ2v) is 7.18. The van der Waals surface area contributed by atoms with Crippen molar-refractivity contribution >= 4 is 21.4 Å². The quantitative estimate of drug-likeness (QED) is 0.826. The van der Waals surface area contributed by atoms with Gasteiger partial charge in [-0.15, -0.1) is 11.3 Å². The molecular formula is C12H17N3O3S2. The number of aliphatic hydroxyl groups excluding tert-OH is 1. The minimum Gasteiger partial charge on any atom is -0.390 e. The van der Waals surface area contributed by atoms with Gasteiger partial charge in [-0.2, -0.15) is 0 Å². The maximum absolute atomic E-state index is 12.1. The second kappa shape index (κ2) is 6.04. The Morgan fingerprint density at radius 3 is 2.80 bits per heavy atom. The zero-order chi connectivity index (χ0) is 14.8. The number of hydrogen-bond acceptors (Lipinski definition) is 5. The molecule has 0 bridgehead atoms. The molecule has 20 heavy (non-hydrogen) atoms. The van der Waals surface area contributed by atoms with Crippen molar-refractivity contribution in [1.29, 1.82) is 0 Å². The highest BCUT2D eigenvalue weighted by Gasteiger charge is 2.17. The van der Waals surface area contributed by atoms with Gasteiger partial charge in [-0.3, -0.25) is 0 Å². The van der Waals surface area contributed by atoms with Gasteiger partial charge in [0.15, 0.2) is 0 Å². The minimum atomic E-state index is -3.54. The van der Waals surface area contributed by atoms with Crippen LogP contribution in [0.1, 0.15) is 16.4 Å². The number of aliphatic hydroxyl groups is 1. The van der Waals surface area contributed by atoms with Crippen LogP contribution in [0.2, 0.25) is 0 Å². The van der Waals surface area contributed by atoms with Gasteiger partial charge in [0, 0.05) is 43.0 Å². The summed E-state index contributed by atoms with van der Waals surface area (Å²) in [5, 5.41) is 11.9. The zero-order valence-corrected chi connectivity index (χ0v) is 13.0. The number of aryl methyl sites for hydroxylation is 2. The summed E-state index contributed by atoms with van der Waals surface area (Å²) in [5.41, 5.74) is 1.50. The minimum absolute atomic E-state index is 0.166. The van der Waals surface area contributed by atoms with Crippen LogP contribution < -0.4 is 4.72 Å². The molecule has 2 N–H and O–H groups in total. The van der Waals surface area contributed by atoms with E-state index in [1.807, 2.05) is 12.3 Å². The lowest BCUT2D eigenvalue weighted by Gasteiger charge is -2.03. The van der Waals surface area contributed by atoms with Crippen LogP contribution in [0.4, 0.5) is 0 Å². The third-order valence-electron chi connectivity index (χ3n) is 2.85. The molecule has 0 aromatic carbocycles. The highest BCUT2D eigenvalue weighted by atomic mass is 32.2. The standard InChI is InChI=1S/C12H17N3O3S2/c1-9-8-19-12(14-9)3-4-13-20(17,18)11-5-10(7-16)15(2)6-11/h5-6,8,13,16H,3-4,7H2,1-2H3. The number of rotatable bonds is 6. The van der Waals surface area contributed by atoms with Gasteiger partial charge in [0.05, 0.1) is 16.5 Å². The number of nitrogens with zero attached hydrogens (tertiary/aromatic N) is 2. The summed E-state index contributed by atoms with van der Waals surface area (Å²) in [6, 6.07) is 1.47.